The molecule has 0 saturated carbocycles. The number of hydrogen-bond acceptors (Lipinski definition) is 1. The molecule has 0 heterocycles. The molecule has 0 aliphatic heterocycles. The van der Waals surface area contributed by atoms with Crippen molar-refractivity contribution >= 4 is 6.21 Å². The monoisotopic (exact) mass is 203 g/mol. The fourth-order valence-corrected chi connectivity index (χ4v) is 0.689. The second-order valence-electron chi connectivity index (χ2n) is 2.87. The lowest BCUT2D eigenvalue weighted by molar-refractivity contribution is -0.0913. The van der Waals surface area contributed by atoms with E-state index in [1.165, 1.54) is 6.08 Å². The Labute approximate surface area is 81.1 Å². The molecule has 0 atom stereocenters. The number of hydrogen-bond donors (Lipinski definition) is 1. The zero-order chi connectivity index (χ0) is 11.4. The van der Waals surface area contributed by atoms with Gasteiger partial charge in [-0.3, -0.25) is 0 Å². The first-order valence-electron chi connectivity index (χ1n) is 3.91. The van der Waals surface area contributed by atoms with E-state index in [-0.39, 0.29) is 5.57 Å². The van der Waals surface area contributed by atoms with Crippen LogP contribution in [0, 0.1) is 5.41 Å². The van der Waals surface area contributed by atoms with E-state index in [2.05, 4.69) is 6.58 Å². The summed E-state index contributed by atoms with van der Waals surface area (Å²) in [7, 11) is 0. The molecule has 0 rings (SSSR count). The van der Waals surface area contributed by atoms with Crippen LogP contribution < -0.4 is 0 Å². The Bertz CT molecular complexity index is 295. The van der Waals surface area contributed by atoms with E-state index in [1.807, 2.05) is 0 Å². The summed E-state index contributed by atoms with van der Waals surface area (Å²) in [5, 5.41) is 6.75. The van der Waals surface area contributed by atoms with Gasteiger partial charge in [0.25, 0.3) is 0 Å². The maximum Gasteiger partial charge on any atom is 0.412 e. The van der Waals surface area contributed by atoms with Crippen LogP contribution in [-0.2, 0) is 0 Å². The van der Waals surface area contributed by atoms with Gasteiger partial charge < -0.3 is 5.41 Å². The molecule has 0 aliphatic rings. The molecular weight excluding hydrogens is 191 g/mol. The molecule has 4 heteroatoms. The Morgan fingerprint density at radius 1 is 1.29 bits per heavy atom. The summed E-state index contributed by atoms with van der Waals surface area (Å²) >= 11 is 0. The highest BCUT2D eigenvalue weighted by atomic mass is 19.4. The quantitative estimate of drug-likeness (QED) is 0.534. The minimum absolute atomic E-state index is 0.267. The van der Waals surface area contributed by atoms with Crippen LogP contribution >= 0.6 is 0 Å². The SMILES string of the molecule is C=C(C=C(C)C(F)(F)F)C(C)=CC=N. The second-order valence-corrected chi connectivity index (χ2v) is 2.87. The highest BCUT2D eigenvalue weighted by Gasteiger charge is 2.29. The van der Waals surface area contributed by atoms with Gasteiger partial charge in [0.1, 0.15) is 0 Å². The largest absolute Gasteiger partial charge is 0.412 e. The molecule has 1 N–H and O–H groups in total. The van der Waals surface area contributed by atoms with Gasteiger partial charge in [0.2, 0.25) is 0 Å². The summed E-state index contributed by atoms with van der Waals surface area (Å²) in [5.74, 6) is 0. The van der Waals surface area contributed by atoms with Gasteiger partial charge in [-0.25, -0.2) is 0 Å². The van der Waals surface area contributed by atoms with Crippen molar-refractivity contribution in [1.29, 1.82) is 5.41 Å². The van der Waals surface area contributed by atoms with Crippen molar-refractivity contribution in [1.82, 2.24) is 0 Å². The zero-order valence-electron chi connectivity index (χ0n) is 8.07. The summed E-state index contributed by atoms with van der Waals surface area (Å²) in [6.45, 7) is 6.07. The maximum absolute atomic E-state index is 12.1. The highest BCUT2D eigenvalue weighted by molar-refractivity contribution is 5.70. The first-order chi connectivity index (χ1) is 6.29. The van der Waals surface area contributed by atoms with Crippen molar-refractivity contribution in [3.63, 3.8) is 0 Å². The van der Waals surface area contributed by atoms with E-state index < -0.39 is 11.7 Å². The van der Waals surface area contributed by atoms with Gasteiger partial charge in [-0.2, -0.15) is 13.2 Å². The summed E-state index contributed by atoms with van der Waals surface area (Å²) in [6.07, 6.45) is -0.941. The van der Waals surface area contributed by atoms with Crippen LogP contribution in [0.5, 0.6) is 0 Å². The molecule has 0 saturated heterocycles. The van der Waals surface area contributed by atoms with E-state index >= 15 is 0 Å². The molecule has 0 amide bonds. The maximum atomic E-state index is 12.1. The minimum Gasteiger partial charge on any atom is -0.309 e. The Balaban J connectivity index is 4.77. The van der Waals surface area contributed by atoms with Crippen LogP contribution in [-0.4, -0.2) is 12.4 Å². The van der Waals surface area contributed by atoms with Crippen molar-refractivity contribution < 1.29 is 13.2 Å². The van der Waals surface area contributed by atoms with E-state index in [1.54, 1.807) is 6.92 Å². The van der Waals surface area contributed by atoms with Crippen molar-refractivity contribution in [2.75, 3.05) is 0 Å². The summed E-state index contributed by atoms with van der Waals surface area (Å²) in [6, 6.07) is 0. The molecule has 0 spiro atoms. The fraction of sp³-hybridized carbons (Fsp3) is 0.300. The van der Waals surface area contributed by atoms with Gasteiger partial charge >= 0.3 is 6.18 Å². The predicted octanol–water partition coefficient (Wildman–Crippen LogP) is 3.65. The molecule has 0 fully saturated rings. The predicted molar refractivity (Wildman–Crippen MR) is 51.5 cm³/mol. The second kappa shape index (κ2) is 4.79. The minimum atomic E-state index is -4.31. The van der Waals surface area contributed by atoms with Crippen LogP contribution in [0.15, 0.2) is 35.5 Å². The van der Waals surface area contributed by atoms with Crippen molar-refractivity contribution in [2.24, 2.45) is 0 Å². The van der Waals surface area contributed by atoms with Gasteiger partial charge in [-0.1, -0.05) is 6.58 Å². The Morgan fingerprint density at radius 3 is 2.14 bits per heavy atom. The number of nitrogens with one attached hydrogen (secondary N) is 1. The summed E-state index contributed by atoms with van der Waals surface area (Å²) in [4.78, 5) is 0. The molecular formula is C10H12F3N. The third kappa shape index (κ3) is 4.07. The van der Waals surface area contributed by atoms with Gasteiger partial charge in [-0.05, 0) is 37.1 Å². The molecule has 0 bridgehead atoms. The average molecular weight is 203 g/mol. The summed E-state index contributed by atoms with van der Waals surface area (Å²) < 4.78 is 36.3. The van der Waals surface area contributed by atoms with Crippen molar-refractivity contribution in [2.45, 2.75) is 20.0 Å². The van der Waals surface area contributed by atoms with E-state index in [9.17, 15) is 13.2 Å². The molecule has 0 aliphatic carbocycles. The molecule has 1 nitrogen and oxygen atoms in total. The lowest BCUT2D eigenvalue weighted by atomic mass is 10.1. The van der Waals surface area contributed by atoms with Crippen molar-refractivity contribution in [3.05, 3.63) is 35.5 Å². The van der Waals surface area contributed by atoms with Crippen molar-refractivity contribution in [3.8, 4) is 0 Å². The third-order valence-corrected chi connectivity index (χ3v) is 1.68. The number of halogens is 3. The van der Waals surface area contributed by atoms with Crippen LogP contribution in [0.25, 0.3) is 0 Å². The topological polar surface area (TPSA) is 23.9 Å². The first-order valence-corrected chi connectivity index (χ1v) is 3.91. The average Bonchev–Trinajstić information content (AvgIpc) is 2.02. The third-order valence-electron chi connectivity index (χ3n) is 1.68. The van der Waals surface area contributed by atoms with E-state index in [0.29, 0.717) is 5.57 Å². The van der Waals surface area contributed by atoms with Crippen LogP contribution in [0.3, 0.4) is 0 Å². The van der Waals surface area contributed by atoms with Crippen LogP contribution in [0.2, 0.25) is 0 Å². The fourth-order valence-electron chi connectivity index (χ4n) is 0.689. The molecule has 14 heavy (non-hydrogen) atoms. The van der Waals surface area contributed by atoms with E-state index in [0.717, 1.165) is 19.2 Å². The molecule has 0 unspecified atom stereocenters. The Kier molecular flexibility index (Phi) is 4.34. The normalized spacial score (nSPS) is 14.1. The number of allylic oxidation sites excluding steroid dienone is 5. The lowest BCUT2D eigenvalue weighted by Crippen LogP contribution is -2.09. The summed E-state index contributed by atoms with van der Waals surface area (Å²) in [5.41, 5.74) is 0.118. The smallest absolute Gasteiger partial charge is 0.309 e. The lowest BCUT2D eigenvalue weighted by Gasteiger charge is -2.07. The highest BCUT2D eigenvalue weighted by Crippen LogP contribution is 2.26. The van der Waals surface area contributed by atoms with Crippen LogP contribution in [0.4, 0.5) is 13.2 Å². The zero-order valence-corrected chi connectivity index (χ0v) is 8.07. The van der Waals surface area contributed by atoms with E-state index in [4.69, 9.17) is 5.41 Å². The molecule has 0 aromatic carbocycles. The van der Waals surface area contributed by atoms with Gasteiger partial charge in [0.15, 0.2) is 0 Å². The molecule has 0 aromatic heterocycles. The Hall–Kier alpha value is -1.32. The standard InChI is InChI=1S/C10H12F3N/c1-7(4-5-14)8(2)6-9(3)10(11,12)13/h4-6,14H,2H2,1,3H3. The van der Waals surface area contributed by atoms with Gasteiger partial charge in [0.05, 0.1) is 0 Å². The Morgan fingerprint density at radius 2 is 1.79 bits per heavy atom. The molecule has 0 radical (unpaired) electrons. The molecule has 78 valence electrons. The van der Waals surface area contributed by atoms with Crippen LogP contribution in [0.1, 0.15) is 13.8 Å². The number of rotatable bonds is 3. The molecule has 0 aromatic rings. The van der Waals surface area contributed by atoms with Gasteiger partial charge in [0, 0.05) is 11.8 Å². The first kappa shape index (κ1) is 12.7. The van der Waals surface area contributed by atoms with Gasteiger partial charge in [-0.15, -0.1) is 0 Å². The number of alkyl halides is 3.